The summed E-state index contributed by atoms with van der Waals surface area (Å²) >= 11 is 3.38. The van der Waals surface area contributed by atoms with E-state index in [9.17, 15) is 9.59 Å². The van der Waals surface area contributed by atoms with Gasteiger partial charge in [-0.15, -0.1) is 0 Å². The van der Waals surface area contributed by atoms with Crippen LogP contribution in [0.4, 0.5) is 11.4 Å². The van der Waals surface area contributed by atoms with E-state index in [0.717, 1.165) is 16.6 Å². The second-order valence-electron chi connectivity index (χ2n) is 5.77. The molecular formula is C19H19BrN2O3. The van der Waals surface area contributed by atoms with Gasteiger partial charge < -0.3 is 15.0 Å². The van der Waals surface area contributed by atoms with Crippen molar-refractivity contribution in [3.05, 3.63) is 53.0 Å². The fourth-order valence-corrected chi connectivity index (χ4v) is 3.13. The van der Waals surface area contributed by atoms with Crippen LogP contribution in [0.1, 0.15) is 19.3 Å². The first-order chi connectivity index (χ1) is 12.1. The SMILES string of the molecule is O=C(CCOc1cccc(Br)c1)Nc1ccccc1N1CCCC1=O. The lowest BCUT2D eigenvalue weighted by molar-refractivity contribution is -0.117. The van der Waals surface area contributed by atoms with Crippen LogP contribution in [-0.2, 0) is 9.59 Å². The number of rotatable bonds is 6. The van der Waals surface area contributed by atoms with E-state index in [-0.39, 0.29) is 24.8 Å². The van der Waals surface area contributed by atoms with Crippen molar-refractivity contribution in [1.82, 2.24) is 0 Å². The van der Waals surface area contributed by atoms with Crippen LogP contribution in [0.2, 0.25) is 0 Å². The zero-order chi connectivity index (χ0) is 17.6. The Morgan fingerprint density at radius 1 is 1.20 bits per heavy atom. The Hall–Kier alpha value is -2.34. The highest BCUT2D eigenvalue weighted by atomic mass is 79.9. The van der Waals surface area contributed by atoms with Gasteiger partial charge in [-0.3, -0.25) is 9.59 Å². The lowest BCUT2D eigenvalue weighted by atomic mass is 10.2. The van der Waals surface area contributed by atoms with Gasteiger partial charge in [0.25, 0.3) is 0 Å². The van der Waals surface area contributed by atoms with Gasteiger partial charge in [-0.25, -0.2) is 0 Å². The molecule has 130 valence electrons. The Kier molecular flexibility index (Phi) is 5.71. The van der Waals surface area contributed by atoms with Gasteiger partial charge in [-0.1, -0.05) is 34.1 Å². The van der Waals surface area contributed by atoms with Gasteiger partial charge in [0, 0.05) is 17.4 Å². The third-order valence-electron chi connectivity index (χ3n) is 3.94. The zero-order valence-electron chi connectivity index (χ0n) is 13.7. The molecule has 3 rings (SSSR count). The van der Waals surface area contributed by atoms with Crippen LogP contribution in [0.15, 0.2) is 53.0 Å². The minimum atomic E-state index is -0.144. The Morgan fingerprint density at radius 3 is 2.80 bits per heavy atom. The van der Waals surface area contributed by atoms with Crippen molar-refractivity contribution in [2.24, 2.45) is 0 Å². The van der Waals surface area contributed by atoms with Crippen LogP contribution in [0.5, 0.6) is 5.75 Å². The molecule has 0 spiro atoms. The number of amides is 2. The largest absolute Gasteiger partial charge is 0.493 e. The van der Waals surface area contributed by atoms with E-state index in [1.165, 1.54) is 0 Å². The van der Waals surface area contributed by atoms with Crippen molar-refractivity contribution in [3.8, 4) is 5.75 Å². The van der Waals surface area contributed by atoms with E-state index in [1.54, 1.807) is 4.90 Å². The second-order valence-corrected chi connectivity index (χ2v) is 6.69. The molecular weight excluding hydrogens is 384 g/mol. The average molecular weight is 403 g/mol. The minimum Gasteiger partial charge on any atom is -0.493 e. The predicted molar refractivity (Wildman–Crippen MR) is 101 cm³/mol. The van der Waals surface area contributed by atoms with E-state index >= 15 is 0 Å². The highest BCUT2D eigenvalue weighted by Gasteiger charge is 2.24. The number of carbonyl (C=O) groups is 2. The summed E-state index contributed by atoms with van der Waals surface area (Å²) in [6.07, 6.45) is 1.64. The molecule has 1 fully saturated rings. The molecule has 0 radical (unpaired) electrons. The standard InChI is InChI=1S/C19H19BrN2O3/c20-14-5-3-6-15(13-14)25-12-10-18(23)21-16-7-1-2-8-17(16)22-11-4-9-19(22)24/h1-3,5-8,13H,4,9-12H2,(H,21,23). The van der Waals surface area contributed by atoms with E-state index in [4.69, 9.17) is 4.74 Å². The Bertz CT molecular complexity index is 779. The first kappa shape index (κ1) is 17.5. The van der Waals surface area contributed by atoms with Crippen LogP contribution >= 0.6 is 15.9 Å². The van der Waals surface area contributed by atoms with Crippen LogP contribution < -0.4 is 15.0 Å². The molecule has 1 N–H and O–H groups in total. The molecule has 1 aliphatic rings. The molecule has 5 nitrogen and oxygen atoms in total. The molecule has 2 aromatic carbocycles. The molecule has 6 heteroatoms. The summed E-state index contributed by atoms with van der Waals surface area (Å²) in [5.74, 6) is 0.666. The van der Waals surface area contributed by atoms with E-state index < -0.39 is 0 Å². The number of nitrogens with one attached hydrogen (secondary N) is 1. The van der Waals surface area contributed by atoms with Crippen LogP contribution in [0.25, 0.3) is 0 Å². The number of benzene rings is 2. The predicted octanol–water partition coefficient (Wildman–Crippen LogP) is 3.98. The van der Waals surface area contributed by atoms with Crippen molar-refractivity contribution in [1.29, 1.82) is 0 Å². The molecule has 0 atom stereocenters. The van der Waals surface area contributed by atoms with Gasteiger partial charge in [0.2, 0.25) is 11.8 Å². The molecule has 0 aromatic heterocycles. The maximum atomic E-state index is 12.2. The first-order valence-corrected chi connectivity index (χ1v) is 9.00. The van der Waals surface area contributed by atoms with Crippen molar-refractivity contribution in [3.63, 3.8) is 0 Å². The highest BCUT2D eigenvalue weighted by molar-refractivity contribution is 9.10. The Balaban J connectivity index is 1.57. The van der Waals surface area contributed by atoms with Crippen LogP contribution in [0.3, 0.4) is 0 Å². The first-order valence-electron chi connectivity index (χ1n) is 8.21. The third kappa shape index (κ3) is 4.60. The minimum absolute atomic E-state index is 0.0969. The smallest absolute Gasteiger partial charge is 0.227 e. The van der Waals surface area contributed by atoms with Gasteiger partial charge in [0.1, 0.15) is 5.75 Å². The number of anilines is 2. The van der Waals surface area contributed by atoms with Crippen molar-refractivity contribution in [2.45, 2.75) is 19.3 Å². The van der Waals surface area contributed by atoms with Gasteiger partial charge >= 0.3 is 0 Å². The molecule has 0 bridgehead atoms. The highest BCUT2D eigenvalue weighted by Crippen LogP contribution is 2.29. The lowest BCUT2D eigenvalue weighted by Crippen LogP contribution is -2.25. The topological polar surface area (TPSA) is 58.6 Å². The quantitative estimate of drug-likeness (QED) is 0.794. The van der Waals surface area contributed by atoms with Gasteiger partial charge in [0.05, 0.1) is 24.4 Å². The summed E-state index contributed by atoms with van der Waals surface area (Å²) in [4.78, 5) is 25.9. The van der Waals surface area contributed by atoms with Crippen LogP contribution in [0, 0.1) is 0 Å². The number of para-hydroxylation sites is 2. The van der Waals surface area contributed by atoms with Crippen LogP contribution in [-0.4, -0.2) is 25.0 Å². The van der Waals surface area contributed by atoms with Crippen molar-refractivity contribution < 1.29 is 14.3 Å². The van der Waals surface area contributed by atoms with Gasteiger partial charge in [-0.05, 0) is 36.8 Å². The molecule has 1 aliphatic heterocycles. The molecule has 0 unspecified atom stereocenters. The lowest BCUT2D eigenvalue weighted by Gasteiger charge is -2.20. The maximum Gasteiger partial charge on any atom is 0.227 e. The summed E-state index contributed by atoms with van der Waals surface area (Å²) in [5.41, 5.74) is 1.41. The average Bonchev–Trinajstić information content (AvgIpc) is 3.01. The summed E-state index contributed by atoms with van der Waals surface area (Å²) in [5, 5.41) is 2.88. The zero-order valence-corrected chi connectivity index (χ0v) is 15.3. The second kappa shape index (κ2) is 8.16. The summed E-state index contributed by atoms with van der Waals surface area (Å²) < 4.78 is 6.52. The summed E-state index contributed by atoms with van der Waals surface area (Å²) in [7, 11) is 0. The number of ether oxygens (including phenoxy) is 1. The molecule has 2 amide bonds. The number of carbonyl (C=O) groups excluding carboxylic acids is 2. The van der Waals surface area contributed by atoms with Crippen molar-refractivity contribution in [2.75, 3.05) is 23.4 Å². The fourth-order valence-electron chi connectivity index (χ4n) is 2.75. The Labute approximate surface area is 155 Å². The molecule has 0 aliphatic carbocycles. The molecule has 0 saturated carbocycles. The summed E-state index contributed by atoms with van der Waals surface area (Å²) in [6, 6.07) is 14.9. The maximum absolute atomic E-state index is 12.2. The normalized spacial score (nSPS) is 13.8. The van der Waals surface area contributed by atoms with E-state index in [0.29, 0.717) is 24.4 Å². The molecule has 2 aromatic rings. The number of halogens is 1. The third-order valence-corrected chi connectivity index (χ3v) is 4.43. The van der Waals surface area contributed by atoms with Crippen molar-refractivity contribution >= 4 is 39.1 Å². The fraction of sp³-hybridized carbons (Fsp3) is 0.263. The Morgan fingerprint density at radius 2 is 2.04 bits per heavy atom. The number of nitrogens with zero attached hydrogens (tertiary/aromatic N) is 1. The summed E-state index contributed by atoms with van der Waals surface area (Å²) in [6.45, 7) is 0.977. The van der Waals surface area contributed by atoms with Gasteiger partial charge in [0.15, 0.2) is 0 Å². The number of hydrogen-bond acceptors (Lipinski definition) is 3. The number of hydrogen-bond donors (Lipinski definition) is 1. The molecule has 25 heavy (non-hydrogen) atoms. The van der Waals surface area contributed by atoms with Gasteiger partial charge in [-0.2, -0.15) is 0 Å². The monoisotopic (exact) mass is 402 g/mol. The molecule has 1 saturated heterocycles. The van der Waals surface area contributed by atoms with E-state index in [2.05, 4.69) is 21.2 Å². The van der Waals surface area contributed by atoms with E-state index in [1.807, 2.05) is 48.5 Å². The molecule has 1 heterocycles.